The van der Waals surface area contributed by atoms with Crippen molar-refractivity contribution in [2.75, 3.05) is 7.05 Å². The number of nitrogens with zero attached hydrogens (tertiary/aromatic N) is 1. The van der Waals surface area contributed by atoms with Gasteiger partial charge in [0.2, 0.25) is 0 Å². The van der Waals surface area contributed by atoms with Crippen molar-refractivity contribution in [1.29, 1.82) is 0 Å². The molecule has 0 fully saturated rings. The van der Waals surface area contributed by atoms with Crippen LogP contribution in [0.25, 0.3) is 6.08 Å². The van der Waals surface area contributed by atoms with E-state index in [0.717, 1.165) is 11.1 Å². The lowest BCUT2D eigenvalue weighted by Crippen LogP contribution is -2.26. The molecule has 2 aromatic carbocycles. The van der Waals surface area contributed by atoms with Crippen molar-refractivity contribution in [3.8, 4) is 0 Å². The molecule has 120 valence electrons. The minimum Gasteiger partial charge on any atom is -0.503 e. The van der Waals surface area contributed by atoms with E-state index in [1.54, 1.807) is 13.1 Å². The molecule has 0 spiro atoms. The summed E-state index contributed by atoms with van der Waals surface area (Å²) in [5.41, 5.74) is 1.77. The quantitative estimate of drug-likeness (QED) is 0.880. The molecule has 1 aliphatic heterocycles. The SMILES string of the molecule is CN1C(=O)C(O)=C(C(=O)/C=C/c2ccccc2)[C@H]1c1ccccc1. The van der Waals surface area contributed by atoms with Crippen LogP contribution in [0.2, 0.25) is 0 Å². The van der Waals surface area contributed by atoms with Gasteiger partial charge < -0.3 is 10.0 Å². The zero-order valence-electron chi connectivity index (χ0n) is 13.2. The van der Waals surface area contributed by atoms with Crippen LogP contribution < -0.4 is 0 Å². The first-order valence-electron chi connectivity index (χ1n) is 7.62. The van der Waals surface area contributed by atoms with Gasteiger partial charge in [0.05, 0.1) is 11.6 Å². The van der Waals surface area contributed by atoms with Gasteiger partial charge >= 0.3 is 0 Å². The van der Waals surface area contributed by atoms with E-state index >= 15 is 0 Å². The fourth-order valence-electron chi connectivity index (χ4n) is 2.83. The normalized spacial score (nSPS) is 17.8. The Morgan fingerprint density at radius 2 is 1.62 bits per heavy atom. The molecule has 24 heavy (non-hydrogen) atoms. The summed E-state index contributed by atoms with van der Waals surface area (Å²) in [6, 6.07) is 18.0. The molecule has 0 unspecified atom stereocenters. The van der Waals surface area contributed by atoms with Crippen LogP contribution in [-0.2, 0) is 9.59 Å². The summed E-state index contributed by atoms with van der Waals surface area (Å²) in [6.45, 7) is 0. The first-order valence-corrected chi connectivity index (χ1v) is 7.62. The van der Waals surface area contributed by atoms with Crippen molar-refractivity contribution in [3.05, 3.63) is 89.2 Å². The highest BCUT2D eigenvalue weighted by molar-refractivity contribution is 6.14. The Morgan fingerprint density at radius 3 is 2.25 bits per heavy atom. The first kappa shape index (κ1) is 15.7. The summed E-state index contributed by atoms with van der Waals surface area (Å²) in [5.74, 6) is -1.39. The van der Waals surface area contributed by atoms with Crippen LogP contribution in [0.15, 0.2) is 78.1 Å². The number of ketones is 1. The van der Waals surface area contributed by atoms with Crippen LogP contribution in [-0.4, -0.2) is 28.7 Å². The molecule has 2 aromatic rings. The van der Waals surface area contributed by atoms with Gasteiger partial charge in [-0.2, -0.15) is 0 Å². The van der Waals surface area contributed by atoms with Gasteiger partial charge in [-0.05, 0) is 17.2 Å². The van der Waals surface area contributed by atoms with Crippen LogP contribution in [0.3, 0.4) is 0 Å². The summed E-state index contributed by atoms with van der Waals surface area (Å²) < 4.78 is 0. The highest BCUT2D eigenvalue weighted by atomic mass is 16.3. The number of aliphatic hydroxyl groups is 1. The van der Waals surface area contributed by atoms with Crippen molar-refractivity contribution in [3.63, 3.8) is 0 Å². The molecule has 0 saturated carbocycles. The molecule has 3 rings (SSSR count). The zero-order chi connectivity index (χ0) is 17.1. The van der Waals surface area contributed by atoms with E-state index < -0.39 is 17.7 Å². The molecule has 0 bridgehead atoms. The first-order chi connectivity index (χ1) is 11.6. The molecule has 0 saturated heterocycles. The van der Waals surface area contributed by atoms with Crippen LogP contribution in [0.4, 0.5) is 0 Å². The summed E-state index contributed by atoms with van der Waals surface area (Å²) in [4.78, 5) is 26.1. The number of hydrogen-bond acceptors (Lipinski definition) is 3. The van der Waals surface area contributed by atoms with Crippen molar-refractivity contribution in [1.82, 2.24) is 4.90 Å². The fourth-order valence-corrected chi connectivity index (χ4v) is 2.83. The monoisotopic (exact) mass is 319 g/mol. The van der Waals surface area contributed by atoms with E-state index in [0.29, 0.717) is 0 Å². The maximum absolute atomic E-state index is 12.6. The minimum absolute atomic E-state index is 0.112. The molecule has 4 heteroatoms. The predicted molar refractivity (Wildman–Crippen MR) is 92.1 cm³/mol. The Bertz CT molecular complexity index is 822. The number of hydrogen-bond donors (Lipinski definition) is 1. The number of carbonyl (C=O) groups is 2. The Labute approximate surface area is 140 Å². The second-order valence-corrected chi connectivity index (χ2v) is 5.60. The molecule has 1 atom stereocenters. The highest BCUT2D eigenvalue weighted by Gasteiger charge is 2.40. The van der Waals surface area contributed by atoms with Gasteiger partial charge in [0.1, 0.15) is 0 Å². The number of carbonyl (C=O) groups excluding carboxylic acids is 2. The van der Waals surface area contributed by atoms with Gasteiger partial charge in [-0.25, -0.2) is 0 Å². The molecule has 1 N–H and O–H groups in total. The number of rotatable bonds is 4. The molecule has 4 nitrogen and oxygen atoms in total. The third-order valence-corrected chi connectivity index (χ3v) is 4.05. The van der Waals surface area contributed by atoms with Gasteiger partial charge in [0.25, 0.3) is 5.91 Å². The lowest BCUT2D eigenvalue weighted by molar-refractivity contribution is -0.128. The average Bonchev–Trinajstić information content (AvgIpc) is 2.85. The van der Waals surface area contributed by atoms with Crippen molar-refractivity contribution in [2.24, 2.45) is 0 Å². The molecular weight excluding hydrogens is 302 g/mol. The van der Waals surface area contributed by atoms with Gasteiger partial charge in [-0.3, -0.25) is 9.59 Å². The molecule has 1 aliphatic rings. The maximum atomic E-state index is 12.6. The summed E-state index contributed by atoms with van der Waals surface area (Å²) >= 11 is 0. The lowest BCUT2D eigenvalue weighted by Gasteiger charge is -2.22. The van der Waals surface area contributed by atoms with E-state index in [2.05, 4.69) is 0 Å². The largest absolute Gasteiger partial charge is 0.503 e. The summed E-state index contributed by atoms with van der Waals surface area (Å²) in [5, 5.41) is 10.2. The Morgan fingerprint density at radius 1 is 1.04 bits per heavy atom. The minimum atomic E-state index is -0.577. The molecule has 1 heterocycles. The van der Waals surface area contributed by atoms with Crippen LogP contribution >= 0.6 is 0 Å². The van der Waals surface area contributed by atoms with Gasteiger partial charge in [-0.15, -0.1) is 0 Å². The standard InChI is InChI=1S/C20H17NO3/c1-21-18(15-10-6-3-7-11-15)17(19(23)20(21)24)16(22)13-12-14-8-4-2-5-9-14/h2-13,18,23H,1H3/b13-12+/t18-/m1/s1. The molecule has 0 aromatic heterocycles. The summed E-state index contributed by atoms with van der Waals surface area (Å²) in [7, 11) is 1.58. The third kappa shape index (κ3) is 2.86. The Balaban J connectivity index is 1.95. The number of benzene rings is 2. The third-order valence-electron chi connectivity index (χ3n) is 4.05. The number of allylic oxidation sites excluding steroid dienone is 1. The van der Waals surface area contributed by atoms with E-state index in [9.17, 15) is 14.7 Å². The second-order valence-electron chi connectivity index (χ2n) is 5.60. The van der Waals surface area contributed by atoms with Gasteiger partial charge in [0, 0.05) is 7.05 Å². The predicted octanol–water partition coefficient (Wildman–Crippen LogP) is 3.29. The van der Waals surface area contributed by atoms with Crippen LogP contribution in [0.5, 0.6) is 0 Å². The molecule has 1 amide bonds. The molecular formula is C20H17NO3. The Hall–Kier alpha value is -3.14. The second kappa shape index (κ2) is 6.54. The van der Waals surface area contributed by atoms with E-state index in [1.807, 2.05) is 60.7 Å². The molecule has 0 aliphatic carbocycles. The maximum Gasteiger partial charge on any atom is 0.289 e. The number of likely N-dealkylation sites (N-methyl/N-ethyl adjacent to an activating group) is 1. The van der Waals surface area contributed by atoms with Gasteiger partial charge in [-0.1, -0.05) is 66.7 Å². The van der Waals surface area contributed by atoms with E-state index in [-0.39, 0.29) is 11.4 Å². The highest BCUT2D eigenvalue weighted by Crippen LogP contribution is 2.36. The number of aliphatic hydroxyl groups excluding tert-OH is 1. The smallest absolute Gasteiger partial charge is 0.289 e. The average molecular weight is 319 g/mol. The lowest BCUT2D eigenvalue weighted by atomic mass is 9.96. The van der Waals surface area contributed by atoms with Crippen molar-refractivity contribution < 1.29 is 14.7 Å². The zero-order valence-corrected chi connectivity index (χ0v) is 13.2. The van der Waals surface area contributed by atoms with Crippen molar-refractivity contribution >= 4 is 17.8 Å². The number of amides is 1. The topological polar surface area (TPSA) is 57.6 Å². The molecule has 0 radical (unpaired) electrons. The van der Waals surface area contributed by atoms with Crippen LogP contribution in [0.1, 0.15) is 17.2 Å². The van der Waals surface area contributed by atoms with E-state index in [4.69, 9.17) is 0 Å². The van der Waals surface area contributed by atoms with Gasteiger partial charge in [0.15, 0.2) is 11.5 Å². The summed E-state index contributed by atoms with van der Waals surface area (Å²) in [6.07, 6.45) is 3.07. The fraction of sp³-hybridized carbons (Fsp3) is 0.100. The van der Waals surface area contributed by atoms with E-state index in [1.165, 1.54) is 11.0 Å². The Kier molecular flexibility index (Phi) is 4.29. The van der Waals surface area contributed by atoms with Crippen LogP contribution in [0, 0.1) is 0 Å². The van der Waals surface area contributed by atoms with Crippen molar-refractivity contribution in [2.45, 2.75) is 6.04 Å².